The van der Waals surface area contributed by atoms with Crippen molar-refractivity contribution in [3.8, 4) is 0 Å². The minimum absolute atomic E-state index is 0.179. The van der Waals surface area contributed by atoms with Gasteiger partial charge in [0.2, 0.25) is 0 Å². The van der Waals surface area contributed by atoms with Crippen LogP contribution >= 0.6 is 0 Å². The summed E-state index contributed by atoms with van der Waals surface area (Å²) in [6.45, 7) is 0. The zero-order valence-corrected chi connectivity index (χ0v) is 9.24. The molecule has 0 fully saturated rings. The monoisotopic (exact) mass is 221 g/mol. The number of azide groups is 1. The maximum absolute atomic E-state index is 8.73. The van der Waals surface area contributed by atoms with Crippen LogP contribution in [0.1, 0.15) is 28.3 Å². The van der Waals surface area contributed by atoms with Gasteiger partial charge < -0.3 is 0 Å². The molecule has 1 aliphatic carbocycles. The predicted octanol–water partition coefficient (Wildman–Crippen LogP) is 3.99. The molecule has 0 radical (unpaired) electrons. The first kappa shape index (κ1) is 9.94. The van der Waals surface area contributed by atoms with Crippen molar-refractivity contribution in [2.45, 2.75) is 12.5 Å². The van der Waals surface area contributed by atoms with Crippen molar-refractivity contribution in [3.05, 3.63) is 81.2 Å². The molecule has 0 saturated heterocycles. The smallest absolute Gasteiger partial charge is 0.0811 e. The van der Waals surface area contributed by atoms with E-state index in [2.05, 4.69) is 22.2 Å². The molecule has 0 heterocycles. The lowest BCUT2D eigenvalue weighted by atomic mass is 9.83. The Bertz CT molecular complexity index is 567. The molecule has 0 aliphatic heterocycles. The lowest BCUT2D eigenvalue weighted by Gasteiger charge is -2.25. The highest BCUT2D eigenvalue weighted by atomic mass is 15.1. The van der Waals surface area contributed by atoms with Gasteiger partial charge in [-0.05, 0) is 34.2 Å². The van der Waals surface area contributed by atoms with Crippen LogP contribution in [0.4, 0.5) is 0 Å². The predicted molar refractivity (Wildman–Crippen MR) is 66.7 cm³/mol. The Kier molecular flexibility index (Phi) is 2.32. The lowest BCUT2D eigenvalue weighted by Crippen LogP contribution is -2.11. The number of benzene rings is 2. The highest BCUT2D eigenvalue weighted by Crippen LogP contribution is 2.37. The molecule has 0 unspecified atom stereocenters. The summed E-state index contributed by atoms with van der Waals surface area (Å²) in [4.78, 5) is 2.98. The molecular weight excluding hydrogens is 210 g/mol. The van der Waals surface area contributed by atoms with Crippen molar-refractivity contribution in [2.24, 2.45) is 5.11 Å². The molecule has 1 aliphatic rings. The topological polar surface area (TPSA) is 48.8 Å². The van der Waals surface area contributed by atoms with Crippen molar-refractivity contribution in [1.82, 2.24) is 0 Å². The standard InChI is InChI=1S/C14H11N3/c15-17-16-14-12-7-3-1-5-10(12)9-11-6-2-4-8-13(11)14/h1-8,14H,9H2. The van der Waals surface area contributed by atoms with Crippen LogP contribution in [0.25, 0.3) is 10.4 Å². The Hall–Kier alpha value is -2.25. The molecule has 0 aromatic heterocycles. The summed E-state index contributed by atoms with van der Waals surface area (Å²) < 4.78 is 0. The fraction of sp³-hybridized carbons (Fsp3) is 0.143. The molecule has 0 saturated carbocycles. The second-order valence-corrected chi connectivity index (χ2v) is 4.18. The Morgan fingerprint density at radius 2 is 1.47 bits per heavy atom. The van der Waals surface area contributed by atoms with Gasteiger partial charge in [0.15, 0.2) is 0 Å². The van der Waals surface area contributed by atoms with E-state index >= 15 is 0 Å². The molecule has 0 atom stereocenters. The maximum Gasteiger partial charge on any atom is 0.0881 e. The summed E-state index contributed by atoms with van der Waals surface area (Å²) in [5, 5.41) is 3.95. The largest absolute Gasteiger partial charge is 0.0881 e. The van der Waals surface area contributed by atoms with Gasteiger partial charge in [-0.2, -0.15) is 0 Å². The van der Waals surface area contributed by atoms with Gasteiger partial charge in [0.25, 0.3) is 0 Å². The van der Waals surface area contributed by atoms with E-state index in [0.29, 0.717) is 0 Å². The van der Waals surface area contributed by atoms with Crippen molar-refractivity contribution < 1.29 is 0 Å². The van der Waals surface area contributed by atoms with E-state index in [4.69, 9.17) is 5.53 Å². The van der Waals surface area contributed by atoms with Crippen molar-refractivity contribution in [3.63, 3.8) is 0 Å². The third-order valence-electron chi connectivity index (χ3n) is 3.25. The fourth-order valence-corrected chi connectivity index (χ4v) is 2.47. The van der Waals surface area contributed by atoms with E-state index < -0.39 is 0 Å². The molecule has 3 nitrogen and oxygen atoms in total. The summed E-state index contributed by atoms with van der Waals surface area (Å²) in [5.74, 6) is 0. The average Bonchev–Trinajstić information content (AvgIpc) is 2.39. The molecule has 0 amide bonds. The van der Waals surface area contributed by atoms with Crippen molar-refractivity contribution in [1.29, 1.82) is 0 Å². The first-order chi connectivity index (χ1) is 8.40. The summed E-state index contributed by atoms with van der Waals surface area (Å²) in [7, 11) is 0. The Labute approximate surface area is 99.3 Å². The van der Waals surface area contributed by atoms with Gasteiger partial charge in [-0.3, -0.25) is 0 Å². The van der Waals surface area contributed by atoms with Crippen molar-refractivity contribution in [2.75, 3.05) is 0 Å². The van der Waals surface area contributed by atoms with Crippen LogP contribution in [0.3, 0.4) is 0 Å². The molecule has 3 rings (SSSR count). The van der Waals surface area contributed by atoms with E-state index in [-0.39, 0.29) is 6.04 Å². The van der Waals surface area contributed by atoms with Crippen LogP contribution in [-0.4, -0.2) is 0 Å². The summed E-state index contributed by atoms with van der Waals surface area (Å²) >= 11 is 0. The Balaban J connectivity index is 2.24. The Morgan fingerprint density at radius 3 is 2.00 bits per heavy atom. The molecule has 2 aromatic carbocycles. The third-order valence-corrected chi connectivity index (χ3v) is 3.25. The number of hydrogen-bond acceptors (Lipinski definition) is 1. The number of hydrogen-bond donors (Lipinski definition) is 0. The zero-order chi connectivity index (χ0) is 11.7. The maximum atomic E-state index is 8.73. The van der Waals surface area contributed by atoms with E-state index in [1.807, 2.05) is 36.4 Å². The SMILES string of the molecule is [N-]=[N+]=NC1c2ccccc2Cc2ccccc21. The number of fused-ring (bicyclic) bond motifs is 2. The molecule has 2 aromatic rings. The molecular formula is C14H11N3. The van der Waals surface area contributed by atoms with Gasteiger partial charge >= 0.3 is 0 Å². The number of rotatable bonds is 1. The van der Waals surface area contributed by atoms with E-state index in [0.717, 1.165) is 17.5 Å². The fourth-order valence-electron chi connectivity index (χ4n) is 2.47. The van der Waals surface area contributed by atoms with Crippen LogP contribution in [0.15, 0.2) is 53.6 Å². The van der Waals surface area contributed by atoms with Crippen molar-refractivity contribution >= 4 is 0 Å². The van der Waals surface area contributed by atoms with Crippen LogP contribution in [0.5, 0.6) is 0 Å². The van der Waals surface area contributed by atoms with Crippen LogP contribution < -0.4 is 0 Å². The van der Waals surface area contributed by atoms with Gasteiger partial charge in [-0.1, -0.05) is 53.6 Å². The van der Waals surface area contributed by atoms with Crippen LogP contribution in [0.2, 0.25) is 0 Å². The van der Waals surface area contributed by atoms with Gasteiger partial charge in [0, 0.05) is 4.91 Å². The van der Waals surface area contributed by atoms with E-state index in [1.54, 1.807) is 0 Å². The molecule has 3 heteroatoms. The second kappa shape index (κ2) is 3.96. The highest BCUT2D eigenvalue weighted by molar-refractivity contribution is 5.48. The normalized spacial score (nSPS) is 13.4. The van der Waals surface area contributed by atoms with Crippen LogP contribution in [0, 0.1) is 0 Å². The quantitative estimate of drug-likeness (QED) is 0.397. The Morgan fingerprint density at radius 1 is 0.941 bits per heavy atom. The summed E-state index contributed by atoms with van der Waals surface area (Å²) in [5.41, 5.74) is 13.5. The highest BCUT2D eigenvalue weighted by Gasteiger charge is 2.23. The van der Waals surface area contributed by atoms with E-state index in [1.165, 1.54) is 11.1 Å². The summed E-state index contributed by atoms with van der Waals surface area (Å²) in [6.07, 6.45) is 0.920. The average molecular weight is 221 g/mol. The first-order valence-electron chi connectivity index (χ1n) is 5.60. The molecule has 0 N–H and O–H groups in total. The van der Waals surface area contributed by atoms with E-state index in [9.17, 15) is 0 Å². The first-order valence-corrected chi connectivity index (χ1v) is 5.60. The number of nitrogens with zero attached hydrogens (tertiary/aromatic N) is 3. The van der Waals surface area contributed by atoms with Gasteiger partial charge in [0.05, 0.1) is 6.04 Å². The third kappa shape index (κ3) is 1.57. The van der Waals surface area contributed by atoms with Gasteiger partial charge in [-0.25, -0.2) is 0 Å². The minimum atomic E-state index is -0.179. The molecule has 82 valence electrons. The molecule has 17 heavy (non-hydrogen) atoms. The zero-order valence-electron chi connectivity index (χ0n) is 9.24. The minimum Gasteiger partial charge on any atom is -0.0811 e. The second-order valence-electron chi connectivity index (χ2n) is 4.18. The lowest BCUT2D eigenvalue weighted by molar-refractivity contribution is 0.800. The van der Waals surface area contributed by atoms with Crippen LogP contribution in [-0.2, 0) is 6.42 Å². The molecule has 0 spiro atoms. The summed E-state index contributed by atoms with van der Waals surface area (Å²) in [6, 6.07) is 16.2. The van der Waals surface area contributed by atoms with Gasteiger partial charge in [0.1, 0.15) is 0 Å². The van der Waals surface area contributed by atoms with Gasteiger partial charge in [-0.15, -0.1) is 0 Å². The molecule has 0 bridgehead atoms.